The molecular formula is C19H13Cl2F4N3O. The Morgan fingerprint density at radius 2 is 1.86 bits per heavy atom. The van der Waals surface area contributed by atoms with Gasteiger partial charge in [-0.2, -0.15) is 18.3 Å². The first kappa shape index (κ1) is 21.1. The molecule has 29 heavy (non-hydrogen) atoms. The van der Waals surface area contributed by atoms with Crippen molar-refractivity contribution in [2.75, 3.05) is 6.54 Å². The molecule has 0 aliphatic carbocycles. The average molecular weight is 446 g/mol. The van der Waals surface area contributed by atoms with E-state index in [0.29, 0.717) is 20.3 Å². The van der Waals surface area contributed by atoms with Crippen LogP contribution in [0.15, 0.2) is 48.7 Å². The van der Waals surface area contributed by atoms with E-state index in [1.807, 2.05) is 0 Å². The van der Waals surface area contributed by atoms with Gasteiger partial charge in [0, 0.05) is 16.6 Å². The molecule has 0 aliphatic heterocycles. The number of rotatable bonds is 5. The number of amides is 1. The van der Waals surface area contributed by atoms with Gasteiger partial charge in [-0.3, -0.25) is 4.79 Å². The molecule has 0 radical (unpaired) electrons. The first-order valence-corrected chi connectivity index (χ1v) is 9.06. The first-order valence-electron chi connectivity index (χ1n) is 8.30. The number of benzene rings is 2. The molecule has 0 atom stereocenters. The second-order valence-electron chi connectivity index (χ2n) is 6.01. The Morgan fingerprint density at radius 3 is 2.52 bits per heavy atom. The lowest BCUT2D eigenvalue weighted by atomic mass is 10.1. The van der Waals surface area contributed by atoms with Gasteiger partial charge in [0.15, 0.2) is 5.69 Å². The highest BCUT2D eigenvalue weighted by atomic mass is 35.5. The Morgan fingerprint density at radius 1 is 1.14 bits per heavy atom. The summed E-state index contributed by atoms with van der Waals surface area (Å²) < 4.78 is 55.1. The van der Waals surface area contributed by atoms with Crippen LogP contribution in [0.2, 0.25) is 10.0 Å². The quantitative estimate of drug-likeness (QED) is 0.541. The third-order valence-electron chi connectivity index (χ3n) is 4.06. The van der Waals surface area contributed by atoms with E-state index in [1.165, 1.54) is 18.2 Å². The van der Waals surface area contributed by atoms with Gasteiger partial charge in [-0.1, -0.05) is 41.4 Å². The van der Waals surface area contributed by atoms with Crippen LogP contribution in [0.25, 0.3) is 5.69 Å². The molecule has 1 amide bonds. The number of aromatic nitrogens is 2. The zero-order valence-electron chi connectivity index (χ0n) is 14.6. The zero-order valence-corrected chi connectivity index (χ0v) is 16.1. The van der Waals surface area contributed by atoms with Crippen LogP contribution in [0.5, 0.6) is 0 Å². The molecule has 4 nitrogen and oxygen atoms in total. The number of para-hydroxylation sites is 1. The second-order valence-corrected chi connectivity index (χ2v) is 6.85. The normalized spacial score (nSPS) is 11.5. The van der Waals surface area contributed by atoms with Crippen molar-refractivity contribution in [1.29, 1.82) is 0 Å². The number of nitrogens with zero attached hydrogens (tertiary/aromatic N) is 2. The van der Waals surface area contributed by atoms with Crippen molar-refractivity contribution in [3.8, 4) is 5.69 Å². The molecular weight excluding hydrogens is 433 g/mol. The molecule has 0 unspecified atom stereocenters. The van der Waals surface area contributed by atoms with E-state index in [1.54, 1.807) is 12.1 Å². The molecule has 2 aromatic carbocycles. The van der Waals surface area contributed by atoms with E-state index >= 15 is 0 Å². The lowest BCUT2D eigenvalue weighted by Crippen LogP contribution is -2.28. The molecule has 3 aromatic rings. The van der Waals surface area contributed by atoms with Crippen molar-refractivity contribution in [2.24, 2.45) is 0 Å². The smallest absolute Gasteiger partial charge is 0.352 e. The van der Waals surface area contributed by atoms with Crippen LogP contribution < -0.4 is 5.32 Å². The van der Waals surface area contributed by atoms with Crippen molar-refractivity contribution in [3.05, 3.63) is 81.3 Å². The van der Waals surface area contributed by atoms with E-state index in [0.717, 1.165) is 18.3 Å². The zero-order chi connectivity index (χ0) is 21.2. The van der Waals surface area contributed by atoms with Gasteiger partial charge >= 0.3 is 6.18 Å². The largest absolute Gasteiger partial charge is 0.434 e. The summed E-state index contributed by atoms with van der Waals surface area (Å²) in [5.74, 6) is -1.88. The Bertz CT molecular complexity index is 1050. The van der Waals surface area contributed by atoms with Gasteiger partial charge in [0.05, 0.1) is 11.8 Å². The molecule has 0 fully saturated rings. The number of nitrogens with one attached hydrogen (secondary N) is 1. The second kappa shape index (κ2) is 8.42. The van der Waals surface area contributed by atoms with Crippen molar-refractivity contribution in [2.45, 2.75) is 12.6 Å². The minimum absolute atomic E-state index is 0.0301. The molecule has 1 N–H and O–H groups in total. The maximum atomic E-state index is 14.0. The Kier molecular flexibility index (Phi) is 6.14. The van der Waals surface area contributed by atoms with Gasteiger partial charge in [0.25, 0.3) is 5.91 Å². The van der Waals surface area contributed by atoms with Crippen LogP contribution >= 0.6 is 23.2 Å². The summed E-state index contributed by atoms with van der Waals surface area (Å²) in [5.41, 5.74) is -1.80. The Labute approximate surface area is 173 Å². The molecule has 0 saturated carbocycles. The topological polar surface area (TPSA) is 46.9 Å². The lowest BCUT2D eigenvalue weighted by molar-refractivity contribution is -0.143. The molecule has 1 heterocycles. The molecule has 3 rings (SSSR count). The van der Waals surface area contributed by atoms with Crippen molar-refractivity contribution in [1.82, 2.24) is 15.1 Å². The summed E-state index contributed by atoms with van der Waals surface area (Å²) >= 11 is 11.8. The van der Waals surface area contributed by atoms with Crippen molar-refractivity contribution in [3.63, 3.8) is 0 Å². The maximum absolute atomic E-state index is 14.0. The first-order chi connectivity index (χ1) is 13.7. The van der Waals surface area contributed by atoms with Gasteiger partial charge in [0.2, 0.25) is 0 Å². The monoisotopic (exact) mass is 445 g/mol. The predicted octanol–water partition coefficient (Wildman–Crippen LogP) is 5.31. The van der Waals surface area contributed by atoms with Gasteiger partial charge in [-0.25, -0.2) is 9.07 Å². The summed E-state index contributed by atoms with van der Waals surface area (Å²) in [6, 6.07) is 9.66. The van der Waals surface area contributed by atoms with Crippen LogP contribution in [0.1, 0.15) is 21.6 Å². The summed E-state index contributed by atoms with van der Waals surface area (Å²) in [4.78, 5) is 12.4. The van der Waals surface area contributed by atoms with Gasteiger partial charge in [0.1, 0.15) is 11.5 Å². The van der Waals surface area contributed by atoms with Gasteiger partial charge < -0.3 is 5.32 Å². The fraction of sp³-hybridized carbons (Fsp3) is 0.158. The SMILES string of the molecule is O=C(NCCc1ccc(Cl)cc1Cl)c1cnn(-c2ccccc2F)c1C(F)(F)F. The van der Waals surface area contributed by atoms with Crippen molar-refractivity contribution < 1.29 is 22.4 Å². The molecule has 152 valence electrons. The molecule has 0 saturated heterocycles. The number of carbonyl (C=O) groups excluding carboxylic acids is 1. The van der Waals surface area contributed by atoms with Crippen LogP contribution in [0.4, 0.5) is 17.6 Å². The predicted molar refractivity (Wildman–Crippen MR) is 101 cm³/mol. The lowest BCUT2D eigenvalue weighted by Gasteiger charge is -2.13. The Balaban J connectivity index is 1.83. The third kappa shape index (κ3) is 4.71. The van der Waals surface area contributed by atoms with E-state index in [4.69, 9.17) is 23.2 Å². The van der Waals surface area contributed by atoms with Gasteiger partial charge in [-0.05, 0) is 36.2 Å². The standard InChI is InChI=1S/C19H13Cl2F4N3O/c20-12-6-5-11(14(21)9-12)7-8-26-18(29)13-10-27-28(17(13)19(23,24)25)16-4-2-1-3-15(16)22/h1-6,9-10H,7-8H2,(H,26,29). The van der Waals surface area contributed by atoms with E-state index in [2.05, 4.69) is 10.4 Å². The van der Waals surface area contributed by atoms with Crippen LogP contribution in [-0.2, 0) is 12.6 Å². The van der Waals surface area contributed by atoms with Crippen LogP contribution in [0, 0.1) is 5.82 Å². The highest BCUT2D eigenvalue weighted by molar-refractivity contribution is 6.35. The summed E-state index contributed by atoms with van der Waals surface area (Å²) in [5, 5.41) is 6.82. The van der Waals surface area contributed by atoms with E-state index < -0.39 is 34.8 Å². The summed E-state index contributed by atoms with van der Waals surface area (Å²) in [6.07, 6.45) is -3.88. The minimum Gasteiger partial charge on any atom is -0.352 e. The van der Waals surface area contributed by atoms with E-state index in [-0.39, 0.29) is 13.0 Å². The number of alkyl halides is 3. The van der Waals surface area contributed by atoms with Crippen LogP contribution in [-0.4, -0.2) is 22.2 Å². The average Bonchev–Trinajstić information content (AvgIpc) is 3.09. The fourth-order valence-electron chi connectivity index (χ4n) is 2.72. The maximum Gasteiger partial charge on any atom is 0.434 e. The molecule has 0 spiro atoms. The molecule has 0 aliphatic rings. The molecule has 1 aromatic heterocycles. The van der Waals surface area contributed by atoms with E-state index in [9.17, 15) is 22.4 Å². The summed E-state index contributed by atoms with van der Waals surface area (Å²) in [7, 11) is 0. The fourth-order valence-corrected chi connectivity index (χ4v) is 3.23. The van der Waals surface area contributed by atoms with Crippen molar-refractivity contribution >= 4 is 29.1 Å². The molecule has 0 bridgehead atoms. The van der Waals surface area contributed by atoms with Gasteiger partial charge in [-0.15, -0.1) is 0 Å². The Hall–Kier alpha value is -2.58. The van der Waals surface area contributed by atoms with Crippen LogP contribution in [0.3, 0.4) is 0 Å². The minimum atomic E-state index is -4.93. The number of hydrogen-bond donors (Lipinski definition) is 1. The highest BCUT2D eigenvalue weighted by Gasteiger charge is 2.40. The number of carbonyl (C=O) groups is 1. The number of hydrogen-bond acceptors (Lipinski definition) is 2. The third-order valence-corrected chi connectivity index (χ3v) is 4.64. The molecule has 10 heteroatoms. The number of halogens is 6. The summed E-state index contributed by atoms with van der Waals surface area (Å²) in [6.45, 7) is 0.0301. The highest BCUT2D eigenvalue weighted by Crippen LogP contribution is 2.34.